The molecule has 0 saturated carbocycles. The van der Waals surface area contributed by atoms with E-state index in [0.29, 0.717) is 12.4 Å². The number of rotatable bonds is 3. The van der Waals surface area contributed by atoms with Crippen LogP contribution < -0.4 is 5.32 Å². The lowest BCUT2D eigenvalue weighted by molar-refractivity contribution is 0.173. The molecule has 0 amide bonds. The summed E-state index contributed by atoms with van der Waals surface area (Å²) >= 11 is 0. The summed E-state index contributed by atoms with van der Waals surface area (Å²) in [6.45, 7) is 0.500. The normalized spacial score (nSPS) is 21.3. The summed E-state index contributed by atoms with van der Waals surface area (Å²) < 4.78 is 18.7. The van der Waals surface area contributed by atoms with Gasteiger partial charge in [-0.05, 0) is 18.2 Å². The van der Waals surface area contributed by atoms with E-state index >= 15 is 0 Å². The topological polar surface area (TPSA) is 62.8 Å². The molecule has 0 unspecified atom stereocenters. The number of aromatic amines is 1. The molecule has 5 nitrogen and oxygen atoms in total. The molecular weight excluding hydrogens is 283 g/mol. The Labute approximate surface area is 126 Å². The summed E-state index contributed by atoms with van der Waals surface area (Å²) in [6, 6.07) is 11.4. The van der Waals surface area contributed by atoms with E-state index in [0.717, 1.165) is 22.2 Å². The molecule has 1 aromatic carbocycles. The highest BCUT2D eigenvalue weighted by molar-refractivity contribution is 5.93. The molecule has 3 heterocycles. The van der Waals surface area contributed by atoms with Crippen molar-refractivity contribution in [1.82, 2.24) is 15.2 Å². The molecule has 2 N–H and O–H groups in total. The molecule has 2 aromatic heterocycles. The van der Waals surface area contributed by atoms with Crippen LogP contribution in [0.2, 0.25) is 0 Å². The van der Waals surface area contributed by atoms with E-state index in [9.17, 15) is 4.39 Å². The van der Waals surface area contributed by atoms with Gasteiger partial charge in [0.05, 0.1) is 24.8 Å². The molecule has 0 spiro atoms. The number of nitrogens with one attached hydrogen (secondary N) is 2. The van der Waals surface area contributed by atoms with Crippen LogP contribution in [0.25, 0.3) is 22.2 Å². The first kappa shape index (κ1) is 13.2. The van der Waals surface area contributed by atoms with E-state index < -0.39 is 6.17 Å². The van der Waals surface area contributed by atoms with Crippen LogP contribution in [0.1, 0.15) is 0 Å². The van der Waals surface area contributed by atoms with E-state index in [4.69, 9.17) is 4.74 Å². The highest BCUT2D eigenvalue weighted by Gasteiger charge is 2.28. The lowest BCUT2D eigenvalue weighted by Gasteiger charge is -2.14. The monoisotopic (exact) mass is 298 g/mol. The number of hydrogen-bond acceptors (Lipinski definition) is 4. The van der Waals surface area contributed by atoms with Crippen LogP contribution in [0.15, 0.2) is 42.6 Å². The smallest absolute Gasteiger partial charge is 0.146 e. The van der Waals surface area contributed by atoms with Crippen molar-refractivity contribution < 1.29 is 9.13 Å². The van der Waals surface area contributed by atoms with Crippen molar-refractivity contribution in [1.29, 1.82) is 0 Å². The number of ether oxygens (including phenoxy) is 1. The molecule has 2 atom stereocenters. The number of aromatic nitrogens is 3. The van der Waals surface area contributed by atoms with Crippen molar-refractivity contribution in [3.8, 4) is 11.3 Å². The SMILES string of the molecule is F[C@H]1COC[C@@H]1Nc1cc(-c2n[nH]c3ccccc23)ccn1. The van der Waals surface area contributed by atoms with Crippen LogP contribution in [-0.2, 0) is 4.74 Å². The van der Waals surface area contributed by atoms with Crippen molar-refractivity contribution in [3.05, 3.63) is 42.6 Å². The highest BCUT2D eigenvalue weighted by atomic mass is 19.1. The molecule has 0 radical (unpaired) electrons. The molecule has 112 valence electrons. The standard InChI is InChI=1S/C16H15FN4O/c17-12-8-22-9-14(12)19-15-7-10(5-6-18-15)16-11-3-1-2-4-13(11)20-21-16/h1-7,12,14H,8-9H2,(H,18,19)(H,20,21)/t12-,14-/m0/s1. The molecule has 1 fully saturated rings. The lowest BCUT2D eigenvalue weighted by Crippen LogP contribution is -2.29. The average molecular weight is 298 g/mol. The summed E-state index contributed by atoms with van der Waals surface area (Å²) in [5, 5.41) is 11.5. The average Bonchev–Trinajstić information content (AvgIpc) is 3.14. The lowest BCUT2D eigenvalue weighted by atomic mass is 10.1. The van der Waals surface area contributed by atoms with Crippen LogP contribution in [0.5, 0.6) is 0 Å². The number of benzene rings is 1. The number of nitrogens with zero attached hydrogens (tertiary/aromatic N) is 2. The van der Waals surface area contributed by atoms with Gasteiger partial charge in [-0.25, -0.2) is 9.37 Å². The second-order valence-corrected chi connectivity index (χ2v) is 5.35. The van der Waals surface area contributed by atoms with Gasteiger partial charge in [-0.15, -0.1) is 0 Å². The van der Waals surface area contributed by atoms with E-state index in [-0.39, 0.29) is 12.6 Å². The number of anilines is 1. The van der Waals surface area contributed by atoms with Gasteiger partial charge in [-0.3, -0.25) is 5.10 Å². The van der Waals surface area contributed by atoms with Gasteiger partial charge in [0.25, 0.3) is 0 Å². The Bertz CT molecular complexity index is 803. The maximum atomic E-state index is 13.6. The Kier molecular flexibility index (Phi) is 3.23. The second kappa shape index (κ2) is 5.38. The number of alkyl halides is 1. The van der Waals surface area contributed by atoms with E-state index in [2.05, 4.69) is 20.5 Å². The predicted octanol–water partition coefficient (Wildman–Crippen LogP) is 2.77. The highest BCUT2D eigenvalue weighted by Crippen LogP contribution is 2.27. The Balaban J connectivity index is 1.67. The number of para-hydroxylation sites is 1. The second-order valence-electron chi connectivity index (χ2n) is 5.35. The van der Waals surface area contributed by atoms with Gasteiger partial charge in [0.2, 0.25) is 0 Å². The Morgan fingerprint density at radius 3 is 3.00 bits per heavy atom. The molecule has 0 aliphatic carbocycles. The van der Waals surface area contributed by atoms with Crippen LogP contribution in [0.3, 0.4) is 0 Å². The number of H-pyrrole nitrogens is 1. The number of halogens is 1. The van der Waals surface area contributed by atoms with Gasteiger partial charge in [0.15, 0.2) is 0 Å². The van der Waals surface area contributed by atoms with Gasteiger partial charge in [0.1, 0.15) is 17.7 Å². The fourth-order valence-corrected chi connectivity index (χ4v) is 2.69. The molecule has 1 saturated heterocycles. The maximum Gasteiger partial charge on any atom is 0.146 e. The van der Waals surface area contributed by atoms with Crippen molar-refractivity contribution >= 4 is 16.7 Å². The van der Waals surface area contributed by atoms with Gasteiger partial charge in [0, 0.05) is 17.1 Å². The van der Waals surface area contributed by atoms with Crippen molar-refractivity contribution in [2.24, 2.45) is 0 Å². The van der Waals surface area contributed by atoms with Gasteiger partial charge in [-0.1, -0.05) is 18.2 Å². The predicted molar refractivity (Wildman–Crippen MR) is 82.5 cm³/mol. The summed E-state index contributed by atoms with van der Waals surface area (Å²) in [6.07, 6.45) is 0.695. The fraction of sp³-hybridized carbons (Fsp3) is 0.250. The first-order valence-electron chi connectivity index (χ1n) is 7.19. The summed E-state index contributed by atoms with van der Waals surface area (Å²) in [5.74, 6) is 0.628. The van der Waals surface area contributed by atoms with Gasteiger partial charge in [-0.2, -0.15) is 5.10 Å². The first-order chi connectivity index (χ1) is 10.8. The quantitative estimate of drug-likeness (QED) is 0.780. The summed E-state index contributed by atoms with van der Waals surface area (Å²) in [7, 11) is 0. The zero-order valence-corrected chi connectivity index (χ0v) is 11.8. The van der Waals surface area contributed by atoms with Crippen LogP contribution in [0.4, 0.5) is 10.2 Å². The van der Waals surface area contributed by atoms with Crippen molar-refractivity contribution in [2.75, 3.05) is 18.5 Å². The molecule has 3 aromatic rings. The first-order valence-corrected chi connectivity index (χ1v) is 7.19. The minimum absolute atomic E-state index is 0.140. The molecule has 22 heavy (non-hydrogen) atoms. The molecule has 1 aliphatic heterocycles. The van der Waals surface area contributed by atoms with Crippen LogP contribution in [0, 0.1) is 0 Å². The van der Waals surface area contributed by atoms with E-state index in [1.54, 1.807) is 6.20 Å². The molecule has 1 aliphatic rings. The number of hydrogen-bond donors (Lipinski definition) is 2. The van der Waals surface area contributed by atoms with Gasteiger partial charge >= 0.3 is 0 Å². The van der Waals surface area contributed by atoms with Gasteiger partial charge < -0.3 is 10.1 Å². The Morgan fingerprint density at radius 2 is 2.14 bits per heavy atom. The zero-order chi connectivity index (χ0) is 14.9. The van der Waals surface area contributed by atoms with E-state index in [1.165, 1.54) is 0 Å². The third kappa shape index (κ3) is 2.31. The third-order valence-corrected chi connectivity index (χ3v) is 3.85. The molecule has 4 rings (SSSR count). The summed E-state index contributed by atoms with van der Waals surface area (Å²) in [5.41, 5.74) is 2.78. The van der Waals surface area contributed by atoms with Crippen molar-refractivity contribution in [3.63, 3.8) is 0 Å². The zero-order valence-electron chi connectivity index (χ0n) is 11.8. The Morgan fingerprint density at radius 1 is 1.23 bits per heavy atom. The largest absolute Gasteiger partial charge is 0.376 e. The third-order valence-electron chi connectivity index (χ3n) is 3.85. The Hall–Kier alpha value is -2.47. The van der Waals surface area contributed by atoms with Crippen molar-refractivity contribution in [2.45, 2.75) is 12.2 Å². The van der Waals surface area contributed by atoms with E-state index in [1.807, 2.05) is 36.4 Å². The fourth-order valence-electron chi connectivity index (χ4n) is 2.69. The minimum atomic E-state index is -1.00. The minimum Gasteiger partial charge on any atom is -0.376 e. The number of pyridine rings is 1. The van der Waals surface area contributed by atoms with Crippen LogP contribution >= 0.6 is 0 Å². The maximum absolute atomic E-state index is 13.6. The summed E-state index contributed by atoms with van der Waals surface area (Å²) in [4.78, 5) is 4.26. The van der Waals surface area contributed by atoms with Crippen LogP contribution in [-0.4, -0.2) is 40.6 Å². The number of fused-ring (bicyclic) bond motifs is 1. The molecule has 6 heteroatoms. The molecular formula is C16H15FN4O. The molecule has 0 bridgehead atoms.